The van der Waals surface area contributed by atoms with Crippen molar-refractivity contribution in [2.75, 3.05) is 0 Å². The molecule has 1 atom stereocenters. The van der Waals surface area contributed by atoms with Crippen LogP contribution in [-0.2, 0) is 0 Å². The van der Waals surface area contributed by atoms with Gasteiger partial charge in [-0.3, -0.25) is 0 Å². The molecule has 8 aromatic rings. The number of amidine groups is 2. The molecule has 0 fully saturated rings. The van der Waals surface area contributed by atoms with Gasteiger partial charge < -0.3 is 9.73 Å². The third-order valence-corrected chi connectivity index (χ3v) is 8.98. The number of nitrogens with one attached hydrogen (secondary N) is 1. The van der Waals surface area contributed by atoms with Crippen LogP contribution < -0.4 is 5.32 Å². The first-order chi connectivity index (χ1) is 23.3. The van der Waals surface area contributed by atoms with Gasteiger partial charge in [0.1, 0.15) is 23.2 Å². The zero-order valence-corrected chi connectivity index (χ0v) is 25.5. The summed E-state index contributed by atoms with van der Waals surface area (Å²) in [7, 11) is 0. The molecule has 1 aliphatic heterocycles. The Labute approximate surface area is 272 Å². The van der Waals surface area contributed by atoms with Crippen LogP contribution in [0.2, 0.25) is 0 Å². The Morgan fingerprint density at radius 1 is 0.468 bits per heavy atom. The SMILES string of the molecule is c1ccc(C2=NC(c3ccc(-c4ccccc4)c4oc5ccccc5c34)=NC(c3ccc(-c4ccccc4)c4ccccc34)N2)cc1. The maximum Gasteiger partial charge on any atom is 0.160 e. The van der Waals surface area contributed by atoms with Crippen molar-refractivity contribution in [2.45, 2.75) is 6.17 Å². The molecule has 4 heteroatoms. The normalized spacial score (nSPS) is 14.6. The fraction of sp³-hybridized carbons (Fsp3) is 0.0233. The van der Waals surface area contributed by atoms with Crippen molar-refractivity contribution in [3.05, 3.63) is 180 Å². The number of furan rings is 1. The summed E-state index contributed by atoms with van der Waals surface area (Å²) in [5, 5.41) is 8.10. The number of hydrogen-bond acceptors (Lipinski definition) is 4. The highest BCUT2D eigenvalue weighted by molar-refractivity contribution is 6.23. The zero-order valence-electron chi connectivity index (χ0n) is 25.5. The number of benzene rings is 7. The Bertz CT molecular complexity index is 2480. The molecule has 222 valence electrons. The van der Waals surface area contributed by atoms with Crippen molar-refractivity contribution in [3.63, 3.8) is 0 Å². The number of para-hydroxylation sites is 1. The summed E-state index contributed by atoms with van der Waals surface area (Å²) in [5.41, 5.74) is 9.25. The Kier molecular flexibility index (Phi) is 6.50. The van der Waals surface area contributed by atoms with E-state index in [2.05, 4.69) is 133 Å². The predicted molar refractivity (Wildman–Crippen MR) is 194 cm³/mol. The summed E-state index contributed by atoms with van der Waals surface area (Å²) in [5.74, 6) is 1.45. The molecule has 0 spiro atoms. The van der Waals surface area contributed by atoms with Crippen LogP contribution in [0.3, 0.4) is 0 Å². The summed E-state index contributed by atoms with van der Waals surface area (Å²) in [6.07, 6.45) is -0.366. The van der Waals surface area contributed by atoms with E-state index in [1.807, 2.05) is 36.4 Å². The van der Waals surface area contributed by atoms with Gasteiger partial charge in [-0.05, 0) is 45.7 Å². The molecule has 0 saturated carbocycles. The third kappa shape index (κ3) is 4.70. The maximum absolute atomic E-state index is 6.59. The molecule has 0 aliphatic carbocycles. The Hall–Kier alpha value is -6.26. The van der Waals surface area contributed by atoms with Crippen LogP contribution in [0, 0.1) is 0 Å². The maximum atomic E-state index is 6.59. The van der Waals surface area contributed by atoms with E-state index in [9.17, 15) is 0 Å². The van der Waals surface area contributed by atoms with Crippen molar-refractivity contribution in [2.24, 2.45) is 9.98 Å². The molecule has 0 saturated heterocycles. The number of nitrogens with zero attached hydrogens (tertiary/aromatic N) is 2. The van der Waals surface area contributed by atoms with Crippen LogP contribution in [-0.4, -0.2) is 11.7 Å². The summed E-state index contributed by atoms with van der Waals surface area (Å²) in [6, 6.07) is 56.8. The first-order valence-corrected chi connectivity index (χ1v) is 15.9. The van der Waals surface area contributed by atoms with Crippen molar-refractivity contribution >= 4 is 44.4 Å². The summed E-state index contributed by atoms with van der Waals surface area (Å²) in [4.78, 5) is 10.6. The van der Waals surface area contributed by atoms with E-state index in [0.717, 1.165) is 61.0 Å². The summed E-state index contributed by atoms with van der Waals surface area (Å²) in [6.45, 7) is 0. The van der Waals surface area contributed by atoms with E-state index >= 15 is 0 Å². The molecular weight excluding hydrogens is 574 g/mol. The smallest absolute Gasteiger partial charge is 0.160 e. The van der Waals surface area contributed by atoms with Gasteiger partial charge in [-0.1, -0.05) is 146 Å². The van der Waals surface area contributed by atoms with Gasteiger partial charge >= 0.3 is 0 Å². The van der Waals surface area contributed by atoms with Crippen molar-refractivity contribution in [1.82, 2.24) is 5.32 Å². The van der Waals surface area contributed by atoms with Crippen molar-refractivity contribution in [1.29, 1.82) is 0 Å². The van der Waals surface area contributed by atoms with Gasteiger partial charge in [-0.15, -0.1) is 0 Å². The third-order valence-electron chi connectivity index (χ3n) is 8.98. The minimum Gasteiger partial charge on any atom is -0.455 e. The molecule has 2 heterocycles. The second kappa shape index (κ2) is 11.3. The van der Waals surface area contributed by atoms with Gasteiger partial charge in [-0.2, -0.15) is 0 Å². The monoisotopic (exact) mass is 603 g/mol. The molecule has 7 aromatic carbocycles. The summed E-state index contributed by atoms with van der Waals surface area (Å²) < 4.78 is 6.59. The fourth-order valence-electron chi connectivity index (χ4n) is 6.76. The lowest BCUT2D eigenvalue weighted by Gasteiger charge is -2.25. The number of rotatable bonds is 5. The average Bonchev–Trinajstić information content (AvgIpc) is 3.55. The zero-order chi connectivity index (χ0) is 31.2. The average molecular weight is 604 g/mol. The minimum atomic E-state index is -0.366. The Morgan fingerprint density at radius 3 is 1.74 bits per heavy atom. The standard InChI is InChI=1S/C43H29N3O/c1-4-14-28(15-5-1)31-24-26-35(34-21-11-10-20-33(31)34)42-44-41(30-18-8-3-9-19-30)45-43(46-42)37-27-25-32(29-16-6-2-7-17-29)40-39(37)36-22-12-13-23-38(36)47-40/h1-27,42H,(H,44,45,46). The van der Waals surface area contributed by atoms with E-state index in [1.54, 1.807) is 0 Å². The summed E-state index contributed by atoms with van der Waals surface area (Å²) >= 11 is 0. The van der Waals surface area contributed by atoms with Crippen LogP contribution >= 0.6 is 0 Å². The lowest BCUT2D eigenvalue weighted by molar-refractivity contribution is 0.669. The molecule has 4 nitrogen and oxygen atoms in total. The highest BCUT2D eigenvalue weighted by Crippen LogP contribution is 2.40. The molecule has 47 heavy (non-hydrogen) atoms. The minimum absolute atomic E-state index is 0.366. The molecule has 1 N–H and O–H groups in total. The largest absolute Gasteiger partial charge is 0.455 e. The molecule has 0 amide bonds. The van der Waals surface area contributed by atoms with Gasteiger partial charge in [0.25, 0.3) is 0 Å². The van der Waals surface area contributed by atoms with Crippen LogP contribution in [0.15, 0.2) is 178 Å². The molecule has 1 unspecified atom stereocenters. The second-order valence-electron chi connectivity index (χ2n) is 11.8. The van der Waals surface area contributed by atoms with E-state index < -0.39 is 0 Å². The van der Waals surface area contributed by atoms with Gasteiger partial charge in [0, 0.05) is 33.0 Å². The van der Waals surface area contributed by atoms with E-state index in [-0.39, 0.29) is 6.17 Å². The highest BCUT2D eigenvalue weighted by atomic mass is 16.3. The Balaban J connectivity index is 1.28. The van der Waals surface area contributed by atoms with Gasteiger partial charge in [0.2, 0.25) is 0 Å². The topological polar surface area (TPSA) is 49.9 Å². The first kappa shape index (κ1) is 27.1. The van der Waals surface area contributed by atoms with Crippen molar-refractivity contribution < 1.29 is 4.42 Å². The van der Waals surface area contributed by atoms with Crippen LogP contribution in [0.5, 0.6) is 0 Å². The molecule has 0 radical (unpaired) electrons. The predicted octanol–water partition coefficient (Wildman–Crippen LogP) is 10.6. The first-order valence-electron chi connectivity index (χ1n) is 15.9. The van der Waals surface area contributed by atoms with Gasteiger partial charge in [0.15, 0.2) is 5.84 Å². The highest BCUT2D eigenvalue weighted by Gasteiger charge is 2.26. The van der Waals surface area contributed by atoms with Crippen LogP contribution in [0.25, 0.3) is 55.0 Å². The second-order valence-corrected chi connectivity index (χ2v) is 11.8. The lowest BCUT2D eigenvalue weighted by atomic mass is 9.93. The Morgan fingerprint density at radius 2 is 1.02 bits per heavy atom. The van der Waals surface area contributed by atoms with Crippen molar-refractivity contribution in [3.8, 4) is 22.3 Å². The molecule has 1 aliphatic rings. The number of hydrogen-bond donors (Lipinski definition) is 1. The van der Waals surface area contributed by atoms with E-state index in [1.165, 1.54) is 16.5 Å². The van der Waals surface area contributed by atoms with Crippen LogP contribution in [0.1, 0.15) is 22.9 Å². The quantitative estimate of drug-likeness (QED) is 0.213. The molecular formula is C43H29N3O. The van der Waals surface area contributed by atoms with Gasteiger partial charge in [-0.25, -0.2) is 9.98 Å². The molecule has 9 rings (SSSR count). The molecule has 0 bridgehead atoms. The van der Waals surface area contributed by atoms with E-state index in [0.29, 0.717) is 5.84 Å². The lowest BCUT2D eigenvalue weighted by Crippen LogP contribution is -2.33. The van der Waals surface area contributed by atoms with Crippen LogP contribution in [0.4, 0.5) is 0 Å². The number of aliphatic imine (C=N–C) groups is 2. The fourth-order valence-corrected chi connectivity index (χ4v) is 6.76. The van der Waals surface area contributed by atoms with E-state index in [4.69, 9.17) is 14.4 Å². The molecule has 1 aromatic heterocycles. The van der Waals surface area contributed by atoms with Gasteiger partial charge in [0.05, 0.1) is 0 Å². The number of fused-ring (bicyclic) bond motifs is 4.